The maximum atomic E-state index is 12.4. The number of alkyl halides is 1. The maximum Gasteiger partial charge on any atom is 0.336 e. The average molecular weight is 263 g/mol. The van der Waals surface area contributed by atoms with Crippen LogP contribution >= 0.6 is 15.9 Å². The predicted octanol–water partition coefficient (Wildman–Crippen LogP) is 2.84. The third-order valence-corrected chi connectivity index (χ3v) is 2.16. The van der Waals surface area contributed by atoms with Crippen molar-refractivity contribution >= 4 is 21.9 Å². The van der Waals surface area contributed by atoms with Crippen molar-refractivity contribution in [2.24, 2.45) is 0 Å². The molecule has 0 saturated carbocycles. The van der Waals surface area contributed by atoms with Gasteiger partial charge in [0.15, 0.2) is 0 Å². The van der Waals surface area contributed by atoms with E-state index < -0.39 is 12.3 Å². The fraction of sp³-hybridized carbons (Fsp3) is 0.222. The van der Waals surface area contributed by atoms with Crippen molar-refractivity contribution < 1.29 is 19.0 Å². The van der Waals surface area contributed by atoms with Gasteiger partial charge in [-0.2, -0.15) is 0 Å². The summed E-state index contributed by atoms with van der Waals surface area (Å²) < 4.78 is 17.6. The second kappa shape index (κ2) is 4.41. The van der Waals surface area contributed by atoms with E-state index in [-0.39, 0.29) is 11.3 Å². The van der Waals surface area contributed by atoms with Crippen LogP contribution in [0.2, 0.25) is 0 Å². The summed E-state index contributed by atoms with van der Waals surface area (Å²) >= 11 is 3.07. The number of aromatic carboxylic acids is 1. The van der Waals surface area contributed by atoms with Gasteiger partial charge in [-0.15, -0.1) is 0 Å². The molecule has 5 heteroatoms. The molecule has 1 N–H and O–H groups in total. The lowest BCUT2D eigenvalue weighted by atomic mass is 10.2. The SMILES string of the molecule is CC(F)Oc1ccc(Br)c(C(=O)O)c1. The molecule has 3 nitrogen and oxygen atoms in total. The Balaban J connectivity index is 3.00. The fourth-order valence-electron chi connectivity index (χ4n) is 0.929. The first kappa shape index (κ1) is 11.0. The van der Waals surface area contributed by atoms with E-state index in [2.05, 4.69) is 15.9 Å². The highest BCUT2D eigenvalue weighted by molar-refractivity contribution is 9.10. The number of hydrogen-bond donors (Lipinski definition) is 1. The Morgan fingerprint density at radius 3 is 2.79 bits per heavy atom. The summed E-state index contributed by atoms with van der Waals surface area (Å²) in [5.74, 6) is -0.894. The average Bonchev–Trinajstić information content (AvgIpc) is 2.07. The minimum absolute atomic E-state index is 0.0446. The minimum atomic E-state index is -1.46. The molecule has 0 fully saturated rings. The van der Waals surface area contributed by atoms with Crippen LogP contribution < -0.4 is 4.74 Å². The van der Waals surface area contributed by atoms with Gasteiger partial charge in [0.05, 0.1) is 5.56 Å². The molecule has 0 radical (unpaired) electrons. The van der Waals surface area contributed by atoms with Crippen molar-refractivity contribution in [3.8, 4) is 5.75 Å². The van der Waals surface area contributed by atoms with E-state index in [4.69, 9.17) is 9.84 Å². The van der Waals surface area contributed by atoms with E-state index in [0.717, 1.165) is 0 Å². The molecule has 0 bridgehead atoms. The van der Waals surface area contributed by atoms with Crippen LogP contribution in [-0.2, 0) is 0 Å². The summed E-state index contributed by atoms with van der Waals surface area (Å²) in [5, 5.41) is 8.74. The molecule has 0 amide bonds. The van der Waals surface area contributed by atoms with Gasteiger partial charge in [0.2, 0.25) is 6.36 Å². The number of halogens is 2. The van der Waals surface area contributed by atoms with Gasteiger partial charge >= 0.3 is 5.97 Å². The molecule has 1 aromatic rings. The van der Waals surface area contributed by atoms with Gasteiger partial charge in [0.25, 0.3) is 0 Å². The van der Waals surface area contributed by atoms with Gasteiger partial charge in [0, 0.05) is 11.4 Å². The largest absolute Gasteiger partial charge is 0.478 e. The first-order valence-electron chi connectivity index (χ1n) is 3.84. The summed E-state index contributed by atoms with van der Waals surface area (Å²) in [7, 11) is 0. The first-order chi connectivity index (χ1) is 6.50. The molecule has 76 valence electrons. The van der Waals surface area contributed by atoms with Crippen molar-refractivity contribution in [1.82, 2.24) is 0 Å². The Hall–Kier alpha value is -1.10. The lowest BCUT2D eigenvalue weighted by Crippen LogP contribution is -2.05. The molecule has 0 aliphatic heterocycles. The van der Waals surface area contributed by atoms with Crippen LogP contribution in [0.5, 0.6) is 5.75 Å². The zero-order valence-corrected chi connectivity index (χ0v) is 8.92. The molecule has 14 heavy (non-hydrogen) atoms. The van der Waals surface area contributed by atoms with Crippen LogP contribution in [0, 0.1) is 0 Å². The second-order valence-corrected chi connectivity index (χ2v) is 3.46. The quantitative estimate of drug-likeness (QED) is 0.912. The van der Waals surface area contributed by atoms with E-state index >= 15 is 0 Å². The Kier molecular flexibility index (Phi) is 3.46. The highest BCUT2D eigenvalue weighted by Crippen LogP contribution is 2.23. The topological polar surface area (TPSA) is 46.5 Å². The Labute approximate surface area is 88.6 Å². The van der Waals surface area contributed by atoms with Crippen LogP contribution in [0.25, 0.3) is 0 Å². The fourth-order valence-corrected chi connectivity index (χ4v) is 1.35. The monoisotopic (exact) mass is 262 g/mol. The molecule has 1 unspecified atom stereocenters. The molecule has 1 aromatic carbocycles. The standard InChI is InChI=1S/C9H8BrFO3/c1-5(11)14-6-2-3-8(10)7(4-6)9(12)13/h2-5H,1H3,(H,12,13). The third kappa shape index (κ3) is 2.70. The smallest absolute Gasteiger partial charge is 0.336 e. The lowest BCUT2D eigenvalue weighted by molar-refractivity contribution is 0.0688. The van der Waals surface area contributed by atoms with E-state index in [1.807, 2.05) is 0 Å². The number of hydrogen-bond acceptors (Lipinski definition) is 2. The molecule has 1 rings (SSSR count). The highest BCUT2D eigenvalue weighted by Gasteiger charge is 2.10. The van der Waals surface area contributed by atoms with E-state index in [0.29, 0.717) is 4.47 Å². The van der Waals surface area contributed by atoms with Gasteiger partial charge in [-0.05, 0) is 34.1 Å². The number of benzene rings is 1. The van der Waals surface area contributed by atoms with Gasteiger partial charge in [-0.25, -0.2) is 9.18 Å². The van der Waals surface area contributed by atoms with Gasteiger partial charge in [-0.3, -0.25) is 0 Å². The molecule has 0 aliphatic carbocycles. The molecule has 0 aromatic heterocycles. The second-order valence-electron chi connectivity index (χ2n) is 2.61. The van der Waals surface area contributed by atoms with Crippen LogP contribution in [0.4, 0.5) is 4.39 Å². The molecule has 0 saturated heterocycles. The maximum absolute atomic E-state index is 12.4. The molecule has 0 spiro atoms. The Morgan fingerprint density at radius 2 is 2.29 bits per heavy atom. The van der Waals surface area contributed by atoms with Crippen LogP contribution in [0.1, 0.15) is 17.3 Å². The molecule has 0 heterocycles. The van der Waals surface area contributed by atoms with Crippen molar-refractivity contribution in [1.29, 1.82) is 0 Å². The van der Waals surface area contributed by atoms with Gasteiger partial charge in [-0.1, -0.05) is 0 Å². The number of rotatable bonds is 3. The van der Waals surface area contributed by atoms with E-state index in [1.54, 1.807) is 0 Å². The van der Waals surface area contributed by atoms with Gasteiger partial charge in [0.1, 0.15) is 5.75 Å². The third-order valence-electron chi connectivity index (χ3n) is 1.47. The van der Waals surface area contributed by atoms with E-state index in [9.17, 15) is 9.18 Å². The van der Waals surface area contributed by atoms with Crippen LogP contribution in [0.15, 0.2) is 22.7 Å². The summed E-state index contributed by atoms with van der Waals surface area (Å²) in [6, 6.07) is 4.26. The van der Waals surface area contributed by atoms with E-state index in [1.165, 1.54) is 25.1 Å². The van der Waals surface area contributed by atoms with Crippen molar-refractivity contribution in [2.75, 3.05) is 0 Å². The van der Waals surface area contributed by atoms with Crippen molar-refractivity contribution in [3.05, 3.63) is 28.2 Å². The summed E-state index contributed by atoms with van der Waals surface area (Å²) in [6.07, 6.45) is -1.46. The summed E-state index contributed by atoms with van der Waals surface area (Å²) in [5.41, 5.74) is 0.0446. The normalized spacial score (nSPS) is 12.2. The minimum Gasteiger partial charge on any atom is -0.478 e. The van der Waals surface area contributed by atoms with Gasteiger partial charge < -0.3 is 9.84 Å². The molecule has 1 atom stereocenters. The first-order valence-corrected chi connectivity index (χ1v) is 4.63. The lowest BCUT2D eigenvalue weighted by Gasteiger charge is -2.07. The molecular weight excluding hydrogens is 255 g/mol. The number of carbonyl (C=O) groups is 1. The van der Waals surface area contributed by atoms with Crippen molar-refractivity contribution in [2.45, 2.75) is 13.3 Å². The molecule has 0 aliphatic rings. The Bertz CT molecular complexity index is 352. The van der Waals surface area contributed by atoms with Crippen LogP contribution in [0.3, 0.4) is 0 Å². The highest BCUT2D eigenvalue weighted by atomic mass is 79.9. The Morgan fingerprint density at radius 1 is 1.64 bits per heavy atom. The van der Waals surface area contributed by atoms with Crippen molar-refractivity contribution in [3.63, 3.8) is 0 Å². The molecular formula is C9H8BrFO3. The predicted molar refractivity (Wildman–Crippen MR) is 52.3 cm³/mol. The zero-order valence-electron chi connectivity index (χ0n) is 7.33. The summed E-state index contributed by atoms with van der Waals surface area (Å²) in [6.45, 7) is 1.22. The van der Waals surface area contributed by atoms with Crippen LogP contribution in [-0.4, -0.2) is 17.4 Å². The number of carboxylic acid groups (broad SMARTS) is 1. The zero-order chi connectivity index (χ0) is 10.7. The number of carboxylic acids is 1. The number of ether oxygens (including phenoxy) is 1. The summed E-state index contributed by atoms with van der Waals surface area (Å²) in [4.78, 5) is 10.7.